The van der Waals surface area contributed by atoms with E-state index in [2.05, 4.69) is 0 Å². The van der Waals surface area contributed by atoms with Gasteiger partial charge in [-0.3, -0.25) is 4.79 Å². The topological polar surface area (TPSA) is 71.4 Å². The summed E-state index contributed by atoms with van der Waals surface area (Å²) in [7, 11) is -3.57. The molecule has 0 radical (unpaired) electrons. The van der Waals surface area contributed by atoms with Crippen molar-refractivity contribution in [3.05, 3.63) is 29.8 Å². The van der Waals surface area contributed by atoms with Gasteiger partial charge in [0.15, 0.2) is 9.84 Å². The first-order chi connectivity index (χ1) is 9.27. The van der Waals surface area contributed by atoms with Crippen LogP contribution in [-0.2, 0) is 14.6 Å². The van der Waals surface area contributed by atoms with Gasteiger partial charge in [-0.15, -0.1) is 0 Å². The molecule has 0 aliphatic heterocycles. The van der Waals surface area contributed by atoms with E-state index in [1.165, 1.54) is 19.1 Å². The zero-order valence-corrected chi connectivity index (χ0v) is 13.0. The number of hydrogen-bond donors (Lipinski definition) is 1. The molecular weight excluding hydrogens is 276 g/mol. The van der Waals surface area contributed by atoms with Crippen LogP contribution < -0.4 is 0 Å². The predicted molar refractivity (Wildman–Crippen MR) is 78.3 cm³/mol. The first-order valence-electron chi connectivity index (χ1n) is 6.78. The number of carbonyl (C=O) groups excluding carboxylic acids is 1. The van der Waals surface area contributed by atoms with Gasteiger partial charge in [-0.25, -0.2) is 8.42 Å². The lowest BCUT2D eigenvalue weighted by Gasteiger charge is -2.18. The number of sulfone groups is 1. The zero-order valence-electron chi connectivity index (χ0n) is 12.2. The number of carbonyl (C=O) groups is 1. The molecule has 1 rings (SSSR count). The van der Waals surface area contributed by atoms with Crippen molar-refractivity contribution in [2.24, 2.45) is 5.92 Å². The molecule has 0 amide bonds. The van der Waals surface area contributed by atoms with E-state index in [-0.39, 0.29) is 16.4 Å². The first kappa shape index (κ1) is 16.9. The largest absolute Gasteiger partial charge is 0.393 e. The standard InChI is InChI=1S/C15H22O4S/c1-4-5-15(17)14(12(3)16)10-20(18,19)13-8-6-11(2)7-9-13/h6-9,12,14,16H,4-5,10H2,1-3H3/t12-,14-/m0/s1. The molecule has 0 fully saturated rings. The van der Waals surface area contributed by atoms with E-state index in [4.69, 9.17) is 0 Å². The van der Waals surface area contributed by atoms with Crippen LogP contribution in [0.5, 0.6) is 0 Å². The Labute approximate surface area is 120 Å². The van der Waals surface area contributed by atoms with E-state index in [9.17, 15) is 18.3 Å². The molecular formula is C15H22O4S. The number of rotatable bonds is 7. The highest BCUT2D eigenvalue weighted by Gasteiger charge is 2.29. The Morgan fingerprint density at radius 2 is 1.80 bits per heavy atom. The fourth-order valence-electron chi connectivity index (χ4n) is 2.01. The highest BCUT2D eigenvalue weighted by molar-refractivity contribution is 7.91. The summed E-state index contributed by atoms with van der Waals surface area (Å²) in [6, 6.07) is 6.51. The lowest BCUT2D eigenvalue weighted by atomic mass is 9.98. The summed E-state index contributed by atoms with van der Waals surface area (Å²) in [5.41, 5.74) is 0.970. The first-order valence-corrected chi connectivity index (χ1v) is 8.43. The maximum atomic E-state index is 12.3. The molecule has 1 aromatic carbocycles. The minimum Gasteiger partial charge on any atom is -0.393 e. The summed E-state index contributed by atoms with van der Waals surface area (Å²) in [5, 5.41) is 9.68. The van der Waals surface area contributed by atoms with E-state index in [0.717, 1.165) is 5.56 Å². The normalized spacial score (nSPS) is 14.8. The Morgan fingerprint density at radius 1 is 1.25 bits per heavy atom. The second-order valence-corrected chi connectivity index (χ2v) is 7.19. The van der Waals surface area contributed by atoms with E-state index in [1.807, 2.05) is 13.8 Å². The van der Waals surface area contributed by atoms with Gasteiger partial charge in [-0.05, 0) is 32.4 Å². The highest BCUT2D eigenvalue weighted by Crippen LogP contribution is 2.19. The second-order valence-electron chi connectivity index (χ2n) is 5.16. The number of aryl methyl sites for hydroxylation is 1. The maximum absolute atomic E-state index is 12.3. The fourth-order valence-corrected chi connectivity index (χ4v) is 3.69. The van der Waals surface area contributed by atoms with Crippen LogP contribution in [-0.4, -0.2) is 31.2 Å². The van der Waals surface area contributed by atoms with Crippen LogP contribution in [0.3, 0.4) is 0 Å². The molecule has 0 aliphatic rings. The van der Waals surface area contributed by atoms with Crippen LogP contribution in [0.4, 0.5) is 0 Å². The molecule has 4 nitrogen and oxygen atoms in total. The SMILES string of the molecule is CCCC(=O)[C@@H](CS(=O)(=O)c1ccc(C)cc1)[C@H](C)O. The molecule has 0 aromatic heterocycles. The molecule has 0 unspecified atom stereocenters. The molecule has 0 saturated heterocycles. The summed E-state index contributed by atoms with van der Waals surface area (Å²) < 4.78 is 24.6. The summed E-state index contributed by atoms with van der Waals surface area (Å²) >= 11 is 0. The average molecular weight is 298 g/mol. The molecule has 0 aliphatic carbocycles. The fraction of sp³-hybridized carbons (Fsp3) is 0.533. The molecule has 0 bridgehead atoms. The minimum absolute atomic E-state index is 0.193. The highest BCUT2D eigenvalue weighted by atomic mass is 32.2. The van der Waals surface area contributed by atoms with Gasteiger partial charge in [0.1, 0.15) is 5.78 Å². The van der Waals surface area contributed by atoms with Crippen molar-refractivity contribution in [3.8, 4) is 0 Å². The minimum atomic E-state index is -3.57. The Morgan fingerprint density at radius 3 is 2.25 bits per heavy atom. The zero-order chi connectivity index (χ0) is 15.3. The van der Waals surface area contributed by atoms with E-state index < -0.39 is 21.9 Å². The molecule has 2 atom stereocenters. The van der Waals surface area contributed by atoms with Crippen LogP contribution in [0.25, 0.3) is 0 Å². The van der Waals surface area contributed by atoms with Crippen molar-refractivity contribution in [2.75, 3.05) is 5.75 Å². The molecule has 112 valence electrons. The number of aliphatic hydroxyl groups excluding tert-OH is 1. The molecule has 5 heteroatoms. The van der Waals surface area contributed by atoms with Crippen molar-refractivity contribution in [1.82, 2.24) is 0 Å². The summed E-state index contributed by atoms with van der Waals surface area (Å²) in [6.07, 6.45) is -0.0275. The van der Waals surface area contributed by atoms with Crippen LogP contribution in [0.1, 0.15) is 32.3 Å². The number of ketones is 1. The van der Waals surface area contributed by atoms with E-state index >= 15 is 0 Å². The van der Waals surface area contributed by atoms with Crippen molar-refractivity contribution in [1.29, 1.82) is 0 Å². The van der Waals surface area contributed by atoms with Gasteiger partial charge in [0.2, 0.25) is 0 Å². The van der Waals surface area contributed by atoms with Gasteiger partial charge in [0, 0.05) is 6.42 Å². The van der Waals surface area contributed by atoms with Crippen molar-refractivity contribution in [2.45, 2.75) is 44.6 Å². The molecule has 1 aromatic rings. The molecule has 0 spiro atoms. The second kappa shape index (κ2) is 6.99. The molecule has 20 heavy (non-hydrogen) atoms. The number of Topliss-reactive ketones (excluding diaryl/α,β-unsaturated/α-hetero) is 1. The van der Waals surface area contributed by atoms with Crippen molar-refractivity contribution >= 4 is 15.6 Å². The van der Waals surface area contributed by atoms with Crippen LogP contribution >= 0.6 is 0 Å². The Hall–Kier alpha value is -1.20. The summed E-state index contributed by atoms with van der Waals surface area (Å²) in [4.78, 5) is 12.1. The average Bonchev–Trinajstić information content (AvgIpc) is 2.36. The lowest BCUT2D eigenvalue weighted by molar-refractivity contribution is -0.125. The lowest BCUT2D eigenvalue weighted by Crippen LogP contribution is -2.32. The van der Waals surface area contributed by atoms with Gasteiger partial charge in [0.25, 0.3) is 0 Å². The monoisotopic (exact) mass is 298 g/mol. The number of hydrogen-bond acceptors (Lipinski definition) is 4. The van der Waals surface area contributed by atoms with Crippen LogP contribution in [0.2, 0.25) is 0 Å². The summed E-state index contributed by atoms with van der Waals surface area (Å²) in [6.45, 7) is 5.19. The molecule has 0 saturated carbocycles. The van der Waals surface area contributed by atoms with Gasteiger partial charge < -0.3 is 5.11 Å². The Kier molecular flexibility index (Phi) is 5.89. The van der Waals surface area contributed by atoms with Gasteiger partial charge in [0.05, 0.1) is 22.7 Å². The predicted octanol–water partition coefficient (Wildman–Crippen LogP) is 2.13. The third-order valence-electron chi connectivity index (χ3n) is 3.27. The van der Waals surface area contributed by atoms with Crippen molar-refractivity contribution in [3.63, 3.8) is 0 Å². The Balaban J connectivity index is 2.97. The van der Waals surface area contributed by atoms with Crippen molar-refractivity contribution < 1.29 is 18.3 Å². The summed E-state index contributed by atoms with van der Waals surface area (Å²) in [5.74, 6) is -1.40. The molecule has 0 heterocycles. The van der Waals surface area contributed by atoms with Crippen LogP contribution in [0, 0.1) is 12.8 Å². The third kappa shape index (κ3) is 4.42. The van der Waals surface area contributed by atoms with E-state index in [0.29, 0.717) is 12.8 Å². The Bertz CT molecular complexity index is 544. The van der Waals surface area contributed by atoms with E-state index in [1.54, 1.807) is 12.1 Å². The van der Waals surface area contributed by atoms with Gasteiger partial charge >= 0.3 is 0 Å². The molecule has 1 N–H and O–H groups in total. The maximum Gasteiger partial charge on any atom is 0.179 e. The van der Waals surface area contributed by atoms with Crippen LogP contribution in [0.15, 0.2) is 29.2 Å². The number of aliphatic hydroxyl groups is 1. The van der Waals surface area contributed by atoms with Gasteiger partial charge in [-0.1, -0.05) is 24.6 Å². The number of benzene rings is 1. The third-order valence-corrected chi connectivity index (χ3v) is 5.06. The van der Waals surface area contributed by atoms with Gasteiger partial charge in [-0.2, -0.15) is 0 Å². The smallest absolute Gasteiger partial charge is 0.179 e. The quantitative estimate of drug-likeness (QED) is 0.837.